The zero-order valence-electron chi connectivity index (χ0n) is 7.49. The molecule has 4 nitrogen and oxygen atoms in total. The number of aliphatic hydroxyl groups is 1. The Morgan fingerprint density at radius 3 is 2.83 bits per heavy atom. The number of carbonyl (C=O) groups excluding carboxylic acids is 1. The molecule has 1 saturated heterocycles. The summed E-state index contributed by atoms with van der Waals surface area (Å²) in [4.78, 5) is 12.8. The number of rotatable bonds is 1. The molecule has 0 aromatic heterocycles. The molecule has 1 amide bonds. The van der Waals surface area contributed by atoms with Crippen LogP contribution in [0.3, 0.4) is 0 Å². The summed E-state index contributed by atoms with van der Waals surface area (Å²) in [5, 5.41) is 9.34. The van der Waals surface area contributed by atoms with Crippen LogP contribution in [-0.4, -0.2) is 41.4 Å². The SMILES string of the molecule is CCOC(=O)N1CCC(O)C1C. The van der Waals surface area contributed by atoms with Gasteiger partial charge in [-0.3, -0.25) is 0 Å². The van der Waals surface area contributed by atoms with Crippen molar-refractivity contribution in [2.45, 2.75) is 32.4 Å². The quantitative estimate of drug-likeness (QED) is 0.631. The first kappa shape index (κ1) is 9.32. The van der Waals surface area contributed by atoms with Gasteiger partial charge < -0.3 is 14.7 Å². The molecule has 4 heteroatoms. The van der Waals surface area contributed by atoms with Crippen molar-refractivity contribution in [3.8, 4) is 0 Å². The fourth-order valence-corrected chi connectivity index (χ4v) is 1.39. The van der Waals surface area contributed by atoms with Crippen LogP contribution in [0, 0.1) is 0 Å². The molecule has 1 fully saturated rings. The van der Waals surface area contributed by atoms with E-state index in [1.165, 1.54) is 0 Å². The lowest BCUT2D eigenvalue weighted by Gasteiger charge is -2.21. The lowest BCUT2D eigenvalue weighted by atomic mass is 10.2. The number of hydrogen-bond acceptors (Lipinski definition) is 3. The molecular weight excluding hydrogens is 158 g/mol. The lowest BCUT2D eigenvalue weighted by molar-refractivity contribution is 0.0845. The van der Waals surface area contributed by atoms with Gasteiger partial charge in [-0.1, -0.05) is 0 Å². The minimum absolute atomic E-state index is 0.107. The van der Waals surface area contributed by atoms with Gasteiger partial charge in [0.25, 0.3) is 0 Å². The number of ether oxygens (including phenoxy) is 1. The molecule has 0 radical (unpaired) electrons. The van der Waals surface area contributed by atoms with Crippen LogP contribution in [0.15, 0.2) is 0 Å². The van der Waals surface area contributed by atoms with Gasteiger partial charge in [0.15, 0.2) is 0 Å². The highest BCUT2D eigenvalue weighted by Crippen LogP contribution is 2.17. The molecule has 1 N–H and O–H groups in total. The van der Waals surface area contributed by atoms with Crippen molar-refractivity contribution < 1.29 is 14.6 Å². The van der Waals surface area contributed by atoms with Crippen LogP contribution in [-0.2, 0) is 4.74 Å². The summed E-state index contributed by atoms with van der Waals surface area (Å²) >= 11 is 0. The van der Waals surface area contributed by atoms with Gasteiger partial charge in [-0.25, -0.2) is 4.79 Å². The zero-order chi connectivity index (χ0) is 9.14. The van der Waals surface area contributed by atoms with Crippen LogP contribution < -0.4 is 0 Å². The van der Waals surface area contributed by atoms with Gasteiger partial charge in [-0.15, -0.1) is 0 Å². The summed E-state index contributed by atoms with van der Waals surface area (Å²) in [5.41, 5.74) is 0. The molecule has 0 spiro atoms. The number of carbonyl (C=O) groups is 1. The van der Waals surface area contributed by atoms with Gasteiger partial charge in [0.2, 0.25) is 0 Å². The molecule has 2 unspecified atom stereocenters. The van der Waals surface area contributed by atoms with Crippen molar-refractivity contribution in [3.63, 3.8) is 0 Å². The molecule has 1 rings (SSSR count). The third kappa shape index (κ3) is 1.69. The van der Waals surface area contributed by atoms with Crippen LogP contribution in [0.2, 0.25) is 0 Å². The second-order valence-corrected chi connectivity index (χ2v) is 2.99. The molecule has 0 aromatic carbocycles. The van der Waals surface area contributed by atoms with E-state index in [4.69, 9.17) is 4.74 Å². The Balaban J connectivity index is 2.47. The highest BCUT2D eigenvalue weighted by Gasteiger charge is 2.33. The van der Waals surface area contributed by atoms with Crippen LogP contribution >= 0.6 is 0 Å². The number of likely N-dealkylation sites (tertiary alicyclic amines) is 1. The van der Waals surface area contributed by atoms with Gasteiger partial charge in [0, 0.05) is 6.54 Å². The highest BCUT2D eigenvalue weighted by atomic mass is 16.6. The van der Waals surface area contributed by atoms with E-state index < -0.39 is 6.10 Å². The largest absolute Gasteiger partial charge is 0.450 e. The molecule has 0 aromatic rings. The first-order valence-electron chi connectivity index (χ1n) is 4.28. The molecule has 0 saturated carbocycles. The normalized spacial score (nSPS) is 29.1. The molecule has 1 aliphatic rings. The first-order valence-corrected chi connectivity index (χ1v) is 4.28. The van der Waals surface area contributed by atoms with Crippen LogP contribution in [0.5, 0.6) is 0 Å². The van der Waals surface area contributed by atoms with E-state index in [1.807, 2.05) is 6.92 Å². The van der Waals surface area contributed by atoms with Gasteiger partial charge >= 0.3 is 6.09 Å². The number of amides is 1. The summed E-state index contributed by atoms with van der Waals surface area (Å²) < 4.78 is 4.82. The van der Waals surface area contributed by atoms with Gasteiger partial charge in [0.1, 0.15) is 0 Å². The molecule has 1 aliphatic heterocycles. The third-order valence-corrected chi connectivity index (χ3v) is 2.22. The highest BCUT2D eigenvalue weighted by molar-refractivity contribution is 5.68. The minimum atomic E-state index is -0.394. The molecular formula is C8H15NO3. The van der Waals surface area contributed by atoms with Crippen molar-refractivity contribution in [2.24, 2.45) is 0 Å². The molecule has 0 bridgehead atoms. The number of aliphatic hydroxyl groups excluding tert-OH is 1. The van der Waals surface area contributed by atoms with Crippen molar-refractivity contribution in [1.29, 1.82) is 0 Å². The van der Waals surface area contributed by atoms with Crippen molar-refractivity contribution in [1.82, 2.24) is 4.90 Å². The van der Waals surface area contributed by atoms with Crippen molar-refractivity contribution >= 4 is 6.09 Å². The Morgan fingerprint density at radius 1 is 1.75 bits per heavy atom. The fraction of sp³-hybridized carbons (Fsp3) is 0.875. The van der Waals surface area contributed by atoms with Gasteiger partial charge in [0.05, 0.1) is 18.8 Å². The monoisotopic (exact) mass is 173 g/mol. The summed E-state index contributed by atoms with van der Waals surface area (Å²) in [6.45, 7) is 4.59. The smallest absolute Gasteiger partial charge is 0.410 e. The van der Waals surface area contributed by atoms with E-state index >= 15 is 0 Å². The maximum absolute atomic E-state index is 11.2. The third-order valence-electron chi connectivity index (χ3n) is 2.22. The topological polar surface area (TPSA) is 49.8 Å². The molecule has 2 atom stereocenters. The Kier molecular flexibility index (Phi) is 2.92. The number of hydrogen-bond donors (Lipinski definition) is 1. The van der Waals surface area contributed by atoms with E-state index in [-0.39, 0.29) is 12.1 Å². The van der Waals surface area contributed by atoms with Crippen molar-refractivity contribution in [3.05, 3.63) is 0 Å². The Hall–Kier alpha value is -0.770. The van der Waals surface area contributed by atoms with E-state index in [0.717, 1.165) is 0 Å². The van der Waals surface area contributed by atoms with Crippen LogP contribution in [0.4, 0.5) is 4.79 Å². The molecule has 0 aliphatic carbocycles. The summed E-state index contributed by atoms with van der Waals surface area (Å²) in [7, 11) is 0. The summed E-state index contributed by atoms with van der Waals surface area (Å²) in [5.74, 6) is 0. The lowest BCUT2D eigenvalue weighted by Crippen LogP contribution is -2.37. The van der Waals surface area contributed by atoms with Gasteiger partial charge in [-0.05, 0) is 20.3 Å². The average molecular weight is 173 g/mol. The molecule has 70 valence electrons. The fourth-order valence-electron chi connectivity index (χ4n) is 1.39. The van der Waals surface area contributed by atoms with Crippen LogP contribution in [0.1, 0.15) is 20.3 Å². The maximum Gasteiger partial charge on any atom is 0.410 e. The zero-order valence-corrected chi connectivity index (χ0v) is 7.49. The Morgan fingerprint density at radius 2 is 2.42 bits per heavy atom. The predicted octanol–water partition coefficient (Wildman–Crippen LogP) is 0.598. The van der Waals surface area contributed by atoms with Crippen LogP contribution in [0.25, 0.3) is 0 Å². The Bertz CT molecular complexity index is 172. The summed E-state index contributed by atoms with van der Waals surface area (Å²) in [6, 6.07) is -0.107. The van der Waals surface area contributed by atoms with E-state index in [2.05, 4.69) is 0 Å². The van der Waals surface area contributed by atoms with E-state index in [9.17, 15) is 9.90 Å². The molecule has 1 heterocycles. The predicted molar refractivity (Wildman–Crippen MR) is 43.8 cm³/mol. The second kappa shape index (κ2) is 3.76. The second-order valence-electron chi connectivity index (χ2n) is 2.99. The first-order chi connectivity index (χ1) is 5.66. The molecule has 12 heavy (non-hydrogen) atoms. The van der Waals surface area contributed by atoms with E-state index in [1.54, 1.807) is 11.8 Å². The van der Waals surface area contributed by atoms with Gasteiger partial charge in [-0.2, -0.15) is 0 Å². The standard InChI is InChI=1S/C8H15NO3/c1-3-12-8(11)9-5-4-7(10)6(9)2/h6-7,10H,3-5H2,1-2H3. The Labute approximate surface area is 72.1 Å². The van der Waals surface area contributed by atoms with E-state index in [0.29, 0.717) is 19.6 Å². The number of nitrogens with zero attached hydrogens (tertiary/aromatic N) is 1. The summed E-state index contributed by atoms with van der Waals surface area (Å²) in [6.07, 6.45) is -0.0593. The maximum atomic E-state index is 11.2. The van der Waals surface area contributed by atoms with Crippen molar-refractivity contribution in [2.75, 3.05) is 13.2 Å². The minimum Gasteiger partial charge on any atom is -0.450 e. The average Bonchev–Trinajstić information content (AvgIpc) is 2.34.